The van der Waals surface area contributed by atoms with Crippen LogP contribution in [0.2, 0.25) is 0 Å². The number of amides is 1. The number of alkyl halides is 3. The summed E-state index contributed by atoms with van der Waals surface area (Å²) in [5.41, 5.74) is 2.12. The average molecular weight is 403 g/mol. The zero-order valence-electron chi connectivity index (χ0n) is 15.1. The van der Waals surface area contributed by atoms with E-state index in [1.807, 2.05) is 12.1 Å². The summed E-state index contributed by atoms with van der Waals surface area (Å²) < 4.78 is 52.2. The molecule has 3 N–H and O–H groups in total. The fourth-order valence-electron chi connectivity index (χ4n) is 3.50. The highest BCUT2D eigenvalue weighted by atomic mass is 19.4. The van der Waals surface area contributed by atoms with Gasteiger partial charge in [-0.3, -0.25) is 4.79 Å². The fraction of sp³-hybridized carbons (Fsp3) is 0.190. The van der Waals surface area contributed by atoms with Gasteiger partial charge in [-0.15, -0.1) is 0 Å². The van der Waals surface area contributed by atoms with Crippen LogP contribution < -0.4 is 10.6 Å². The van der Waals surface area contributed by atoms with Crippen molar-refractivity contribution >= 4 is 12.0 Å². The van der Waals surface area contributed by atoms with Gasteiger partial charge >= 0.3 is 6.18 Å². The standard InChI is InChI=1S/C21H17F4N3O/c22-14-7-12(6-13(8-14)21(23,24)25)11-27-16-3-4-19-17(9-16)18(20(29)28-19)10-15-2-1-5-26-15/h1-8,10,17,26-27H,9,11H2,(H,28,29)/b18-10-. The first kappa shape index (κ1) is 19.0. The van der Waals surface area contributed by atoms with Crippen LogP contribution in [0.3, 0.4) is 0 Å². The second-order valence-electron chi connectivity index (χ2n) is 6.95. The van der Waals surface area contributed by atoms with E-state index in [4.69, 9.17) is 0 Å². The third kappa shape index (κ3) is 4.11. The van der Waals surface area contributed by atoms with Crippen LogP contribution in [0.4, 0.5) is 17.6 Å². The quantitative estimate of drug-likeness (QED) is 0.528. The molecule has 1 aromatic carbocycles. The molecule has 2 aromatic rings. The number of fused-ring (bicyclic) bond motifs is 1. The monoisotopic (exact) mass is 403 g/mol. The lowest BCUT2D eigenvalue weighted by molar-refractivity contribution is -0.137. The lowest BCUT2D eigenvalue weighted by Gasteiger charge is -2.20. The summed E-state index contributed by atoms with van der Waals surface area (Å²) >= 11 is 0. The Labute approximate surface area is 164 Å². The van der Waals surface area contributed by atoms with Gasteiger partial charge in [0.1, 0.15) is 5.82 Å². The highest BCUT2D eigenvalue weighted by Crippen LogP contribution is 2.35. The number of hydrogen-bond acceptors (Lipinski definition) is 2. The zero-order chi connectivity index (χ0) is 20.6. The van der Waals surface area contributed by atoms with Crippen molar-refractivity contribution in [3.8, 4) is 0 Å². The molecule has 0 radical (unpaired) electrons. The number of nitrogens with one attached hydrogen (secondary N) is 3. The Hall–Kier alpha value is -3.29. The van der Waals surface area contributed by atoms with Crippen molar-refractivity contribution in [2.75, 3.05) is 0 Å². The van der Waals surface area contributed by atoms with E-state index in [2.05, 4.69) is 15.6 Å². The van der Waals surface area contributed by atoms with E-state index in [0.717, 1.165) is 29.2 Å². The van der Waals surface area contributed by atoms with E-state index in [9.17, 15) is 22.4 Å². The number of carbonyl (C=O) groups excluding carboxylic acids is 1. The molecule has 1 atom stereocenters. The largest absolute Gasteiger partial charge is 0.416 e. The molecule has 2 heterocycles. The molecule has 1 aliphatic heterocycles. The summed E-state index contributed by atoms with van der Waals surface area (Å²) in [6, 6.07) is 6.16. The minimum atomic E-state index is -4.61. The SMILES string of the molecule is O=C1NC2=CC=C(NCc3cc(F)cc(C(F)(F)F)c3)CC2/C1=C/c1ccc[nH]1. The van der Waals surface area contributed by atoms with Gasteiger partial charge in [0.2, 0.25) is 0 Å². The second kappa shape index (κ2) is 7.27. The maximum absolute atomic E-state index is 13.6. The van der Waals surface area contributed by atoms with Crippen molar-refractivity contribution in [1.82, 2.24) is 15.6 Å². The predicted molar refractivity (Wildman–Crippen MR) is 99.4 cm³/mol. The van der Waals surface area contributed by atoms with Crippen molar-refractivity contribution in [2.24, 2.45) is 5.92 Å². The van der Waals surface area contributed by atoms with Crippen LogP contribution >= 0.6 is 0 Å². The average Bonchev–Trinajstić information content (AvgIpc) is 3.27. The highest BCUT2D eigenvalue weighted by Gasteiger charge is 2.35. The van der Waals surface area contributed by atoms with Gasteiger partial charge in [-0.1, -0.05) is 0 Å². The van der Waals surface area contributed by atoms with E-state index in [0.29, 0.717) is 18.1 Å². The first-order valence-electron chi connectivity index (χ1n) is 8.97. The normalized spacial score (nSPS) is 20.2. The van der Waals surface area contributed by atoms with E-state index in [1.54, 1.807) is 24.4 Å². The second-order valence-corrected chi connectivity index (χ2v) is 6.95. The summed E-state index contributed by atoms with van der Waals surface area (Å²) in [6.45, 7) is 0.0413. The number of benzene rings is 1. The minimum Gasteiger partial charge on any atom is -0.384 e. The number of allylic oxidation sites excluding steroid dienone is 4. The fourth-order valence-corrected chi connectivity index (χ4v) is 3.50. The Bertz CT molecular complexity index is 1030. The van der Waals surface area contributed by atoms with Gasteiger partial charge in [0.15, 0.2) is 0 Å². The van der Waals surface area contributed by atoms with Crippen molar-refractivity contribution in [3.05, 3.63) is 88.3 Å². The maximum atomic E-state index is 13.6. The number of halogens is 4. The van der Waals surface area contributed by atoms with Gasteiger partial charge in [0.25, 0.3) is 5.91 Å². The molecule has 4 nitrogen and oxygen atoms in total. The third-order valence-corrected chi connectivity index (χ3v) is 4.90. The van der Waals surface area contributed by atoms with Crippen LogP contribution in [-0.4, -0.2) is 10.9 Å². The molecular weight excluding hydrogens is 386 g/mol. The van der Waals surface area contributed by atoms with Gasteiger partial charge in [-0.2, -0.15) is 13.2 Å². The van der Waals surface area contributed by atoms with Crippen molar-refractivity contribution < 1.29 is 22.4 Å². The molecule has 1 unspecified atom stereocenters. The number of hydrogen-bond donors (Lipinski definition) is 3. The van der Waals surface area contributed by atoms with Crippen molar-refractivity contribution in [3.63, 3.8) is 0 Å². The summed E-state index contributed by atoms with van der Waals surface area (Å²) in [6.07, 6.45) is 2.97. The van der Waals surface area contributed by atoms with Crippen LogP contribution in [0, 0.1) is 11.7 Å². The van der Waals surface area contributed by atoms with Crippen molar-refractivity contribution in [1.29, 1.82) is 0 Å². The molecule has 2 aliphatic rings. The number of aromatic nitrogens is 1. The molecule has 0 spiro atoms. The minimum absolute atomic E-state index is 0.0413. The van der Waals surface area contributed by atoms with Crippen LogP contribution in [0.25, 0.3) is 6.08 Å². The summed E-state index contributed by atoms with van der Waals surface area (Å²) in [5, 5.41) is 5.90. The van der Waals surface area contributed by atoms with Crippen molar-refractivity contribution in [2.45, 2.75) is 19.1 Å². The topological polar surface area (TPSA) is 56.9 Å². The summed E-state index contributed by atoms with van der Waals surface area (Å²) in [7, 11) is 0. The molecule has 8 heteroatoms. The molecule has 0 bridgehead atoms. The summed E-state index contributed by atoms with van der Waals surface area (Å²) in [4.78, 5) is 15.3. The Morgan fingerprint density at radius 1 is 1.21 bits per heavy atom. The predicted octanol–water partition coefficient (Wildman–Crippen LogP) is 4.26. The molecule has 1 aromatic heterocycles. The molecule has 1 fully saturated rings. The third-order valence-electron chi connectivity index (χ3n) is 4.90. The molecule has 150 valence electrons. The Balaban J connectivity index is 1.48. The number of carbonyl (C=O) groups is 1. The van der Waals surface area contributed by atoms with Gasteiger partial charge in [-0.25, -0.2) is 4.39 Å². The molecule has 1 amide bonds. The van der Waals surface area contributed by atoms with E-state index < -0.39 is 17.6 Å². The first-order valence-corrected chi connectivity index (χ1v) is 8.97. The maximum Gasteiger partial charge on any atom is 0.416 e. The lowest BCUT2D eigenvalue weighted by atomic mass is 9.90. The van der Waals surface area contributed by atoms with E-state index >= 15 is 0 Å². The molecule has 1 saturated heterocycles. The summed E-state index contributed by atoms with van der Waals surface area (Å²) in [5.74, 6) is -1.28. The molecule has 29 heavy (non-hydrogen) atoms. The van der Waals surface area contributed by atoms with Crippen LogP contribution in [0.15, 0.2) is 65.6 Å². The van der Waals surface area contributed by atoms with Crippen LogP contribution in [-0.2, 0) is 17.5 Å². The van der Waals surface area contributed by atoms with E-state index in [1.165, 1.54) is 0 Å². The zero-order valence-corrected chi connectivity index (χ0v) is 15.1. The Kier molecular flexibility index (Phi) is 4.77. The molecule has 0 saturated carbocycles. The van der Waals surface area contributed by atoms with Gasteiger partial charge in [-0.05, 0) is 60.5 Å². The molecular formula is C21H17F4N3O. The first-order chi connectivity index (χ1) is 13.8. The number of aromatic amines is 1. The Morgan fingerprint density at radius 2 is 2.03 bits per heavy atom. The molecule has 1 aliphatic carbocycles. The van der Waals surface area contributed by atoms with Gasteiger partial charge in [0, 0.05) is 41.3 Å². The highest BCUT2D eigenvalue weighted by molar-refractivity contribution is 6.03. The van der Waals surface area contributed by atoms with Gasteiger partial charge in [0.05, 0.1) is 5.56 Å². The molecule has 4 rings (SSSR count). The van der Waals surface area contributed by atoms with Crippen LogP contribution in [0.5, 0.6) is 0 Å². The smallest absolute Gasteiger partial charge is 0.384 e. The van der Waals surface area contributed by atoms with Gasteiger partial charge < -0.3 is 15.6 Å². The Morgan fingerprint density at radius 3 is 2.76 bits per heavy atom. The number of rotatable bonds is 4. The van der Waals surface area contributed by atoms with E-state index in [-0.39, 0.29) is 23.9 Å². The lowest BCUT2D eigenvalue weighted by Crippen LogP contribution is -2.20. The van der Waals surface area contributed by atoms with Crippen LogP contribution in [0.1, 0.15) is 23.2 Å². The number of H-pyrrole nitrogens is 1.